The van der Waals surface area contributed by atoms with E-state index in [-0.39, 0.29) is 11.8 Å². The van der Waals surface area contributed by atoms with Crippen LogP contribution < -0.4 is 9.64 Å². The molecule has 6 heteroatoms. The molecule has 0 bridgehead atoms. The lowest BCUT2D eigenvalue weighted by Gasteiger charge is -2.19. The SMILES string of the molecule is Cc1cc(C)cc(OCCCCn2c(C3CC(=O)N(c4ccccc4Br)C3)nc3ccccc32)c1. The van der Waals surface area contributed by atoms with Crippen molar-refractivity contribution in [1.29, 1.82) is 0 Å². The molecule has 1 aliphatic heterocycles. The number of hydrogen-bond acceptors (Lipinski definition) is 3. The van der Waals surface area contributed by atoms with E-state index in [0.29, 0.717) is 19.6 Å². The fourth-order valence-electron chi connectivity index (χ4n) is 5.00. The molecule has 5 rings (SSSR count). The second-order valence-electron chi connectivity index (χ2n) is 9.35. The second kappa shape index (κ2) is 10.2. The third-order valence-electron chi connectivity index (χ3n) is 6.56. The highest BCUT2D eigenvalue weighted by atomic mass is 79.9. The Balaban J connectivity index is 1.30. The number of rotatable bonds is 8. The Labute approximate surface area is 214 Å². The molecule has 0 saturated carbocycles. The fraction of sp³-hybridized carbons (Fsp3) is 0.310. The molecule has 1 aliphatic rings. The first-order chi connectivity index (χ1) is 17.0. The summed E-state index contributed by atoms with van der Waals surface area (Å²) in [6, 6.07) is 22.5. The number of ether oxygens (including phenoxy) is 1. The minimum atomic E-state index is 0.0634. The van der Waals surface area contributed by atoms with Crippen LogP contribution in [-0.4, -0.2) is 28.6 Å². The molecule has 0 N–H and O–H groups in total. The molecule has 35 heavy (non-hydrogen) atoms. The van der Waals surface area contributed by atoms with Gasteiger partial charge in [0.2, 0.25) is 5.91 Å². The Bertz CT molecular complexity index is 1340. The van der Waals surface area contributed by atoms with E-state index in [1.54, 1.807) is 0 Å². The number of nitrogens with zero attached hydrogens (tertiary/aromatic N) is 3. The lowest BCUT2D eigenvalue weighted by molar-refractivity contribution is -0.117. The van der Waals surface area contributed by atoms with Crippen LogP contribution in [0.3, 0.4) is 0 Å². The number of aryl methyl sites for hydroxylation is 3. The standard InChI is InChI=1S/C29H30BrN3O2/c1-20-15-21(2)17-23(16-20)35-14-8-7-13-32-27-12-6-4-10-25(27)31-29(32)22-18-28(34)33(19-22)26-11-5-3-9-24(26)30/h3-6,9-12,15-17,22H,7-8,13-14,18-19H2,1-2H3. The van der Waals surface area contributed by atoms with Gasteiger partial charge in [-0.2, -0.15) is 0 Å². The van der Waals surface area contributed by atoms with Crippen molar-refractivity contribution in [2.24, 2.45) is 0 Å². The molecule has 1 aromatic heterocycles. The quantitative estimate of drug-likeness (QED) is 0.235. The van der Waals surface area contributed by atoms with Crippen LogP contribution in [0.25, 0.3) is 11.0 Å². The molecule has 1 fully saturated rings. The van der Waals surface area contributed by atoms with Crippen molar-refractivity contribution in [2.75, 3.05) is 18.1 Å². The number of para-hydroxylation sites is 3. The summed E-state index contributed by atoms with van der Waals surface area (Å²) in [5, 5.41) is 0. The summed E-state index contributed by atoms with van der Waals surface area (Å²) < 4.78 is 9.26. The summed E-state index contributed by atoms with van der Waals surface area (Å²) in [6.07, 6.45) is 2.40. The van der Waals surface area contributed by atoms with Gasteiger partial charge in [0.05, 0.1) is 23.3 Å². The van der Waals surface area contributed by atoms with Crippen molar-refractivity contribution in [3.05, 3.63) is 88.2 Å². The van der Waals surface area contributed by atoms with Gasteiger partial charge in [0.15, 0.2) is 0 Å². The topological polar surface area (TPSA) is 47.4 Å². The van der Waals surface area contributed by atoms with Crippen LogP contribution in [0.5, 0.6) is 5.75 Å². The van der Waals surface area contributed by atoms with Crippen molar-refractivity contribution < 1.29 is 9.53 Å². The molecule has 2 heterocycles. The van der Waals surface area contributed by atoms with Crippen LogP contribution in [-0.2, 0) is 11.3 Å². The number of hydrogen-bond donors (Lipinski definition) is 0. The number of anilines is 1. The highest BCUT2D eigenvalue weighted by Crippen LogP contribution is 2.36. The highest BCUT2D eigenvalue weighted by Gasteiger charge is 2.35. The normalized spacial score (nSPS) is 15.8. The minimum absolute atomic E-state index is 0.0634. The number of halogens is 1. The number of fused-ring (bicyclic) bond motifs is 1. The maximum Gasteiger partial charge on any atom is 0.227 e. The molecule has 5 nitrogen and oxygen atoms in total. The number of benzene rings is 3. The third-order valence-corrected chi connectivity index (χ3v) is 7.23. The molecule has 1 amide bonds. The molecule has 1 unspecified atom stereocenters. The molecule has 180 valence electrons. The summed E-state index contributed by atoms with van der Waals surface area (Å²) in [4.78, 5) is 19.8. The van der Waals surface area contributed by atoms with Gasteiger partial charge < -0.3 is 14.2 Å². The first-order valence-electron chi connectivity index (χ1n) is 12.2. The zero-order chi connectivity index (χ0) is 24.4. The molecular formula is C29H30BrN3O2. The Kier molecular flexibility index (Phi) is 6.91. The maximum absolute atomic E-state index is 13.0. The third kappa shape index (κ3) is 5.13. The smallest absolute Gasteiger partial charge is 0.227 e. The average Bonchev–Trinajstić information content (AvgIpc) is 3.39. The zero-order valence-electron chi connectivity index (χ0n) is 20.2. The lowest BCUT2D eigenvalue weighted by atomic mass is 10.1. The van der Waals surface area contributed by atoms with Crippen LogP contribution in [0.1, 0.15) is 42.1 Å². The largest absolute Gasteiger partial charge is 0.494 e. The van der Waals surface area contributed by atoms with Gasteiger partial charge in [0.25, 0.3) is 0 Å². The van der Waals surface area contributed by atoms with E-state index >= 15 is 0 Å². The van der Waals surface area contributed by atoms with Gasteiger partial charge in [-0.25, -0.2) is 4.98 Å². The van der Waals surface area contributed by atoms with Crippen LogP contribution in [0.15, 0.2) is 71.2 Å². The Morgan fingerprint density at radius 2 is 1.74 bits per heavy atom. The van der Waals surface area contributed by atoms with E-state index in [9.17, 15) is 4.79 Å². The predicted octanol–water partition coefficient (Wildman–Crippen LogP) is 6.80. The molecule has 0 spiro atoms. The Morgan fingerprint density at radius 3 is 2.54 bits per heavy atom. The first-order valence-corrected chi connectivity index (χ1v) is 13.0. The predicted molar refractivity (Wildman–Crippen MR) is 144 cm³/mol. The van der Waals surface area contributed by atoms with E-state index in [2.05, 4.69) is 70.7 Å². The highest BCUT2D eigenvalue weighted by molar-refractivity contribution is 9.10. The van der Waals surface area contributed by atoms with Gasteiger partial charge in [-0.1, -0.05) is 30.3 Å². The molecule has 1 atom stereocenters. The van der Waals surface area contributed by atoms with Gasteiger partial charge in [-0.05, 0) is 90.1 Å². The van der Waals surface area contributed by atoms with E-state index in [1.165, 1.54) is 11.1 Å². The van der Waals surface area contributed by atoms with Crippen molar-refractivity contribution in [3.8, 4) is 5.75 Å². The first kappa shape index (κ1) is 23.6. The van der Waals surface area contributed by atoms with Crippen molar-refractivity contribution in [1.82, 2.24) is 9.55 Å². The number of carbonyl (C=O) groups is 1. The summed E-state index contributed by atoms with van der Waals surface area (Å²) in [5.41, 5.74) is 5.48. The van der Waals surface area contributed by atoms with Gasteiger partial charge >= 0.3 is 0 Å². The summed E-state index contributed by atoms with van der Waals surface area (Å²) in [5.74, 6) is 2.15. The van der Waals surface area contributed by atoms with Crippen molar-refractivity contribution in [3.63, 3.8) is 0 Å². The number of amides is 1. The maximum atomic E-state index is 13.0. The van der Waals surface area contributed by atoms with E-state index < -0.39 is 0 Å². The van der Waals surface area contributed by atoms with Crippen molar-refractivity contribution in [2.45, 2.75) is 45.6 Å². The van der Waals surface area contributed by atoms with Crippen LogP contribution in [0.2, 0.25) is 0 Å². The minimum Gasteiger partial charge on any atom is -0.494 e. The molecule has 4 aromatic rings. The average molecular weight is 532 g/mol. The molecule has 1 saturated heterocycles. The van der Waals surface area contributed by atoms with Crippen LogP contribution in [0, 0.1) is 13.8 Å². The molecule has 0 radical (unpaired) electrons. The number of imidazole rings is 1. The van der Waals surface area contributed by atoms with Crippen molar-refractivity contribution >= 4 is 38.6 Å². The number of unbranched alkanes of at least 4 members (excludes halogenated alkanes) is 1. The van der Waals surface area contributed by atoms with E-state index in [0.717, 1.165) is 52.2 Å². The Hall–Kier alpha value is -3.12. The lowest BCUT2D eigenvalue weighted by Crippen LogP contribution is -2.25. The zero-order valence-corrected chi connectivity index (χ0v) is 21.8. The van der Waals surface area contributed by atoms with E-state index in [4.69, 9.17) is 9.72 Å². The molecule has 0 aliphatic carbocycles. The van der Waals surface area contributed by atoms with Gasteiger partial charge in [0, 0.05) is 29.9 Å². The van der Waals surface area contributed by atoms with Gasteiger partial charge in [-0.3, -0.25) is 4.79 Å². The summed E-state index contributed by atoms with van der Waals surface area (Å²) in [6.45, 7) is 6.36. The Morgan fingerprint density at radius 1 is 1.00 bits per heavy atom. The summed E-state index contributed by atoms with van der Waals surface area (Å²) >= 11 is 3.60. The van der Waals surface area contributed by atoms with Gasteiger partial charge in [0.1, 0.15) is 11.6 Å². The monoisotopic (exact) mass is 531 g/mol. The summed E-state index contributed by atoms with van der Waals surface area (Å²) in [7, 11) is 0. The number of aromatic nitrogens is 2. The molecule has 3 aromatic carbocycles. The van der Waals surface area contributed by atoms with Gasteiger partial charge in [-0.15, -0.1) is 0 Å². The molecular weight excluding hydrogens is 502 g/mol. The second-order valence-corrected chi connectivity index (χ2v) is 10.2. The fourth-order valence-corrected chi connectivity index (χ4v) is 5.50. The van der Waals surface area contributed by atoms with Crippen LogP contribution >= 0.6 is 15.9 Å². The number of carbonyl (C=O) groups excluding carboxylic acids is 1. The van der Waals surface area contributed by atoms with E-state index in [1.807, 2.05) is 35.2 Å². The van der Waals surface area contributed by atoms with Crippen LogP contribution in [0.4, 0.5) is 5.69 Å².